The molecule has 1 amide bonds. The molecule has 0 saturated carbocycles. The Labute approximate surface area is 111 Å². The molecule has 1 heterocycles. The molecule has 0 saturated heterocycles. The van der Waals surface area contributed by atoms with E-state index in [1.165, 1.54) is 24.5 Å². The molecule has 0 spiro atoms. The first kappa shape index (κ1) is 14.8. The van der Waals surface area contributed by atoms with Crippen LogP contribution in [0, 0.1) is 5.41 Å². The molecule has 0 unspecified atom stereocenters. The number of amides is 1. The van der Waals surface area contributed by atoms with E-state index in [4.69, 9.17) is 5.73 Å². The maximum atomic E-state index is 12.2. The van der Waals surface area contributed by atoms with Gasteiger partial charge in [0.25, 0.3) is 0 Å². The van der Waals surface area contributed by atoms with E-state index in [1.54, 1.807) is 0 Å². The van der Waals surface area contributed by atoms with E-state index in [9.17, 15) is 9.59 Å². The Morgan fingerprint density at radius 1 is 1.44 bits per heavy atom. The number of rotatable bonds is 6. The second-order valence-corrected chi connectivity index (χ2v) is 5.26. The Bertz CT molecular complexity index is 430. The van der Waals surface area contributed by atoms with E-state index in [2.05, 4.69) is 10.3 Å². The molecule has 0 aliphatic heterocycles. The average molecular weight is 269 g/mol. The summed E-state index contributed by atoms with van der Waals surface area (Å²) in [5.41, 5.74) is 5.15. The van der Waals surface area contributed by atoms with E-state index in [0.29, 0.717) is 29.4 Å². The lowest BCUT2D eigenvalue weighted by atomic mass is 9.81. The monoisotopic (exact) mass is 269 g/mol. The molecule has 0 aromatic carbocycles. The van der Waals surface area contributed by atoms with Crippen molar-refractivity contribution in [1.29, 1.82) is 0 Å². The van der Waals surface area contributed by atoms with Crippen molar-refractivity contribution < 1.29 is 9.59 Å². The molecule has 0 aliphatic rings. The number of carbonyl (C=O) groups is 2. The van der Waals surface area contributed by atoms with Crippen molar-refractivity contribution in [3.8, 4) is 0 Å². The van der Waals surface area contributed by atoms with Crippen molar-refractivity contribution >= 4 is 28.2 Å². The third-order valence-corrected chi connectivity index (χ3v) is 4.31. The van der Waals surface area contributed by atoms with Gasteiger partial charge >= 0.3 is 0 Å². The maximum absolute atomic E-state index is 12.2. The zero-order chi connectivity index (χ0) is 13.8. The van der Waals surface area contributed by atoms with Crippen LogP contribution in [0.5, 0.6) is 0 Å². The van der Waals surface area contributed by atoms with Crippen LogP contribution < -0.4 is 11.1 Å². The van der Waals surface area contributed by atoms with Crippen LogP contribution in [-0.4, -0.2) is 23.2 Å². The Balaban J connectivity index is 2.82. The zero-order valence-electron chi connectivity index (χ0n) is 10.9. The highest BCUT2D eigenvalue weighted by atomic mass is 32.1. The Hall–Kier alpha value is -1.27. The number of hydrogen-bond acceptors (Lipinski definition) is 5. The molecule has 18 heavy (non-hydrogen) atoms. The van der Waals surface area contributed by atoms with Gasteiger partial charge in [-0.1, -0.05) is 25.2 Å². The summed E-state index contributed by atoms with van der Waals surface area (Å²) in [5.74, 6) is -0.177. The Morgan fingerprint density at radius 3 is 2.44 bits per heavy atom. The van der Waals surface area contributed by atoms with Crippen LogP contribution in [0.25, 0.3) is 0 Å². The third kappa shape index (κ3) is 2.94. The number of thiazole rings is 1. The summed E-state index contributed by atoms with van der Waals surface area (Å²) < 4.78 is 0. The van der Waals surface area contributed by atoms with Gasteiger partial charge in [0.15, 0.2) is 10.9 Å². The molecule has 1 aromatic heterocycles. The van der Waals surface area contributed by atoms with Crippen LogP contribution in [0.3, 0.4) is 0 Å². The molecule has 5 nitrogen and oxygen atoms in total. The zero-order valence-corrected chi connectivity index (χ0v) is 11.8. The summed E-state index contributed by atoms with van der Waals surface area (Å²) in [6, 6.07) is 0. The second-order valence-electron chi connectivity index (χ2n) is 4.23. The van der Waals surface area contributed by atoms with Gasteiger partial charge in [-0.25, -0.2) is 4.98 Å². The molecule has 0 radical (unpaired) electrons. The van der Waals surface area contributed by atoms with Gasteiger partial charge in [0, 0.05) is 13.5 Å². The van der Waals surface area contributed by atoms with Gasteiger partial charge in [0.05, 0.1) is 16.5 Å². The van der Waals surface area contributed by atoms with Gasteiger partial charge < -0.3 is 11.1 Å². The summed E-state index contributed by atoms with van der Waals surface area (Å²) >= 11 is 1.18. The number of carbonyl (C=O) groups excluding carboxylic acids is 2. The van der Waals surface area contributed by atoms with Crippen molar-refractivity contribution in [3.05, 3.63) is 11.1 Å². The normalized spacial score (nSPS) is 11.3. The lowest BCUT2D eigenvalue weighted by Gasteiger charge is -2.27. The van der Waals surface area contributed by atoms with Gasteiger partial charge in [0.2, 0.25) is 5.91 Å². The largest absolute Gasteiger partial charge is 0.329 e. The number of nitrogens with one attached hydrogen (secondary N) is 1. The SMILES string of the molecule is CCC(CC)(CN)C(=O)Nc1ncc(C(C)=O)s1. The first-order valence-electron chi connectivity index (χ1n) is 5.97. The van der Waals surface area contributed by atoms with Gasteiger partial charge in [-0.2, -0.15) is 0 Å². The molecule has 0 aliphatic carbocycles. The van der Waals surface area contributed by atoms with Crippen LogP contribution in [-0.2, 0) is 4.79 Å². The molecular weight excluding hydrogens is 250 g/mol. The summed E-state index contributed by atoms with van der Waals surface area (Å²) in [7, 11) is 0. The quantitative estimate of drug-likeness (QED) is 0.774. The summed E-state index contributed by atoms with van der Waals surface area (Å²) in [5, 5.41) is 3.20. The lowest BCUT2D eigenvalue weighted by molar-refractivity contribution is -0.125. The van der Waals surface area contributed by atoms with Crippen LogP contribution in [0.15, 0.2) is 6.20 Å². The van der Waals surface area contributed by atoms with Crippen molar-refractivity contribution in [2.24, 2.45) is 11.1 Å². The first-order chi connectivity index (χ1) is 8.49. The van der Waals surface area contributed by atoms with Gasteiger partial charge in [-0.05, 0) is 12.8 Å². The highest BCUT2D eigenvalue weighted by Crippen LogP contribution is 2.28. The van der Waals surface area contributed by atoms with Crippen LogP contribution in [0.4, 0.5) is 5.13 Å². The third-order valence-electron chi connectivity index (χ3n) is 3.30. The molecule has 0 atom stereocenters. The summed E-state index contributed by atoms with van der Waals surface area (Å²) in [4.78, 5) is 27.9. The fourth-order valence-corrected chi connectivity index (χ4v) is 2.38. The smallest absolute Gasteiger partial charge is 0.233 e. The van der Waals surface area contributed by atoms with Crippen molar-refractivity contribution in [2.75, 3.05) is 11.9 Å². The van der Waals surface area contributed by atoms with E-state index in [0.717, 1.165) is 0 Å². The highest BCUT2D eigenvalue weighted by Gasteiger charge is 2.33. The predicted molar refractivity (Wildman–Crippen MR) is 72.8 cm³/mol. The number of hydrogen-bond donors (Lipinski definition) is 2. The number of ketones is 1. The summed E-state index contributed by atoms with van der Waals surface area (Å²) in [6.07, 6.45) is 2.83. The number of aromatic nitrogens is 1. The highest BCUT2D eigenvalue weighted by molar-refractivity contribution is 7.17. The minimum Gasteiger partial charge on any atom is -0.329 e. The summed E-state index contributed by atoms with van der Waals surface area (Å²) in [6.45, 7) is 5.66. The van der Waals surface area contributed by atoms with Crippen LogP contribution in [0.2, 0.25) is 0 Å². The van der Waals surface area contributed by atoms with E-state index in [-0.39, 0.29) is 11.7 Å². The molecule has 0 bridgehead atoms. The van der Waals surface area contributed by atoms with Gasteiger partial charge in [-0.15, -0.1) is 0 Å². The molecule has 0 fully saturated rings. The molecule has 1 rings (SSSR count). The van der Waals surface area contributed by atoms with Crippen LogP contribution >= 0.6 is 11.3 Å². The minimum atomic E-state index is -0.554. The predicted octanol–water partition coefficient (Wildman–Crippen LogP) is 2.05. The maximum Gasteiger partial charge on any atom is 0.233 e. The molecular formula is C12H19N3O2S. The lowest BCUT2D eigenvalue weighted by Crippen LogP contribution is -2.41. The Morgan fingerprint density at radius 2 is 2.06 bits per heavy atom. The second kappa shape index (κ2) is 6.06. The average Bonchev–Trinajstić information content (AvgIpc) is 2.81. The topological polar surface area (TPSA) is 85.1 Å². The van der Waals surface area contributed by atoms with Gasteiger partial charge in [0.1, 0.15) is 0 Å². The van der Waals surface area contributed by atoms with E-state index in [1.807, 2.05) is 13.8 Å². The van der Waals surface area contributed by atoms with Gasteiger partial charge in [-0.3, -0.25) is 9.59 Å². The number of nitrogens with zero attached hydrogens (tertiary/aromatic N) is 1. The van der Waals surface area contributed by atoms with Crippen molar-refractivity contribution in [3.63, 3.8) is 0 Å². The number of anilines is 1. The standard InChI is InChI=1S/C12H19N3O2S/c1-4-12(5-2,7-13)10(17)15-11-14-6-9(18-11)8(3)16/h6H,4-5,7,13H2,1-3H3,(H,14,15,17). The first-order valence-corrected chi connectivity index (χ1v) is 6.79. The molecule has 3 N–H and O–H groups in total. The number of nitrogens with two attached hydrogens (primary N) is 1. The fraction of sp³-hybridized carbons (Fsp3) is 0.583. The van der Waals surface area contributed by atoms with Crippen molar-refractivity contribution in [2.45, 2.75) is 33.6 Å². The minimum absolute atomic E-state index is 0.0518. The Kier molecular flexibility index (Phi) is 4.98. The number of Topliss-reactive ketones (excluding diaryl/α,β-unsaturated/α-hetero) is 1. The molecule has 100 valence electrons. The van der Waals surface area contributed by atoms with E-state index >= 15 is 0 Å². The van der Waals surface area contributed by atoms with Crippen LogP contribution in [0.1, 0.15) is 43.3 Å². The van der Waals surface area contributed by atoms with E-state index < -0.39 is 5.41 Å². The fourth-order valence-electron chi connectivity index (χ4n) is 1.68. The van der Waals surface area contributed by atoms with Crippen molar-refractivity contribution in [1.82, 2.24) is 4.98 Å². The molecule has 6 heteroatoms. The molecule has 1 aromatic rings.